The van der Waals surface area contributed by atoms with Gasteiger partial charge in [-0.3, -0.25) is 0 Å². The minimum atomic E-state index is -0.170. The van der Waals surface area contributed by atoms with Gasteiger partial charge in [0.05, 0.1) is 6.10 Å². The van der Waals surface area contributed by atoms with E-state index in [1.54, 1.807) is 0 Å². The summed E-state index contributed by atoms with van der Waals surface area (Å²) in [7, 11) is 0. The van der Waals surface area contributed by atoms with Crippen LogP contribution in [-0.2, 0) is 6.42 Å². The second-order valence-electron chi connectivity index (χ2n) is 7.22. The fraction of sp³-hybridized carbons (Fsp3) is 0.647. The Balaban J connectivity index is 1.85. The summed E-state index contributed by atoms with van der Waals surface area (Å²) in [5.41, 5.74) is 1.64. The smallest absolute Gasteiger partial charge is 0.0633 e. The number of rotatable bonds is 2. The molecule has 0 amide bonds. The van der Waals surface area contributed by atoms with Crippen molar-refractivity contribution < 1.29 is 5.11 Å². The zero-order valence-electron chi connectivity index (χ0n) is 12.0. The number of hydrogen-bond acceptors (Lipinski definition) is 1. The summed E-state index contributed by atoms with van der Waals surface area (Å²) in [6.07, 6.45) is 3.24. The number of hydrogen-bond donors (Lipinski definition) is 1. The molecule has 1 nitrogen and oxygen atoms in total. The molecule has 1 N–H and O–H groups in total. The number of benzene rings is 1. The van der Waals surface area contributed by atoms with Crippen LogP contribution in [0.1, 0.15) is 39.2 Å². The summed E-state index contributed by atoms with van der Waals surface area (Å²) in [6.45, 7) is 6.96. The molecule has 0 saturated heterocycles. The lowest BCUT2D eigenvalue weighted by Gasteiger charge is -2.37. The van der Waals surface area contributed by atoms with Gasteiger partial charge in [0.2, 0.25) is 0 Å². The van der Waals surface area contributed by atoms with Crippen LogP contribution in [0.15, 0.2) is 24.3 Å². The van der Waals surface area contributed by atoms with Gasteiger partial charge < -0.3 is 5.11 Å². The molecule has 2 fully saturated rings. The maximum Gasteiger partial charge on any atom is 0.0633 e. The third-order valence-electron chi connectivity index (χ3n) is 6.33. The predicted molar refractivity (Wildman–Crippen MR) is 79.3 cm³/mol. The van der Waals surface area contributed by atoms with Gasteiger partial charge in [-0.2, -0.15) is 0 Å². The van der Waals surface area contributed by atoms with Crippen molar-refractivity contribution in [1.82, 2.24) is 0 Å². The number of aliphatic hydroxyl groups is 1. The van der Waals surface area contributed by atoms with Gasteiger partial charge in [-0.05, 0) is 59.6 Å². The van der Waals surface area contributed by atoms with E-state index in [2.05, 4.69) is 32.9 Å². The first-order chi connectivity index (χ1) is 8.86. The van der Waals surface area contributed by atoms with E-state index in [1.165, 1.54) is 18.4 Å². The zero-order chi connectivity index (χ0) is 13.8. The lowest BCUT2D eigenvalue weighted by molar-refractivity contribution is -0.0102. The van der Waals surface area contributed by atoms with E-state index in [4.69, 9.17) is 11.6 Å². The van der Waals surface area contributed by atoms with Crippen LogP contribution in [0.4, 0.5) is 0 Å². The Labute approximate surface area is 121 Å². The van der Waals surface area contributed by atoms with Gasteiger partial charge >= 0.3 is 0 Å². The van der Waals surface area contributed by atoms with Crippen LogP contribution in [0.5, 0.6) is 0 Å². The molecule has 0 aliphatic heterocycles. The van der Waals surface area contributed by atoms with Crippen molar-refractivity contribution in [3.05, 3.63) is 34.9 Å². The molecule has 19 heavy (non-hydrogen) atoms. The molecule has 2 bridgehead atoms. The second-order valence-corrected chi connectivity index (χ2v) is 7.66. The average molecular weight is 279 g/mol. The normalized spacial score (nSPS) is 39.7. The molecule has 2 aliphatic carbocycles. The van der Waals surface area contributed by atoms with E-state index in [0.29, 0.717) is 11.8 Å². The lowest BCUT2D eigenvalue weighted by atomic mass is 9.70. The van der Waals surface area contributed by atoms with Gasteiger partial charge in [-0.1, -0.05) is 44.5 Å². The standard InChI is InChI=1S/C17H23ClO/c1-16(2)14-8-9-17(16,3)15(19)13(14)10-11-4-6-12(18)7-5-11/h4-7,13-15,19H,8-10H2,1-3H3. The molecule has 104 valence electrons. The topological polar surface area (TPSA) is 20.2 Å². The average Bonchev–Trinajstić information content (AvgIpc) is 2.66. The van der Waals surface area contributed by atoms with E-state index in [1.807, 2.05) is 12.1 Å². The van der Waals surface area contributed by atoms with Gasteiger partial charge in [0.15, 0.2) is 0 Å². The molecule has 3 rings (SSSR count). The lowest BCUT2D eigenvalue weighted by Crippen LogP contribution is -2.38. The monoisotopic (exact) mass is 278 g/mol. The molecule has 2 heteroatoms. The highest BCUT2D eigenvalue weighted by molar-refractivity contribution is 6.30. The largest absolute Gasteiger partial charge is 0.392 e. The van der Waals surface area contributed by atoms with Crippen molar-refractivity contribution in [3.8, 4) is 0 Å². The highest BCUT2D eigenvalue weighted by Gasteiger charge is 2.65. The van der Waals surface area contributed by atoms with Crippen LogP contribution in [0, 0.1) is 22.7 Å². The third-order valence-corrected chi connectivity index (χ3v) is 6.59. The Bertz CT molecular complexity index is 479. The van der Waals surface area contributed by atoms with Gasteiger partial charge in [-0.25, -0.2) is 0 Å². The molecule has 2 saturated carbocycles. The van der Waals surface area contributed by atoms with Gasteiger partial charge in [0, 0.05) is 5.02 Å². The summed E-state index contributed by atoms with van der Waals surface area (Å²) in [5.74, 6) is 1.04. The minimum absolute atomic E-state index is 0.0920. The quantitative estimate of drug-likeness (QED) is 0.854. The Kier molecular flexibility index (Phi) is 3.00. The Morgan fingerprint density at radius 1 is 1.21 bits per heavy atom. The zero-order valence-corrected chi connectivity index (χ0v) is 12.7. The van der Waals surface area contributed by atoms with Gasteiger partial charge in [0.1, 0.15) is 0 Å². The molecule has 0 spiro atoms. The first kappa shape index (κ1) is 13.5. The van der Waals surface area contributed by atoms with Crippen molar-refractivity contribution in [2.24, 2.45) is 22.7 Å². The summed E-state index contributed by atoms with van der Waals surface area (Å²) < 4.78 is 0. The van der Waals surface area contributed by atoms with E-state index >= 15 is 0 Å². The van der Waals surface area contributed by atoms with Crippen molar-refractivity contribution in [3.63, 3.8) is 0 Å². The van der Waals surface area contributed by atoms with E-state index in [-0.39, 0.29) is 16.9 Å². The van der Waals surface area contributed by atoms with Crippen molar-refractivity contribution in [2.75, 3.05) is 0 Å². The molecular formula is C17H23ClO. The molecule has 1 aromatic rings. The van der Waals surface area contributed by atoms with Crippen LogP contribution < -0.4 is 0 Å². The third kappa shape index (κ3) is 1.78. The molecular weight excluding hydrogens is 256 g/mol. The van der Waals surface area contributed by atoms with Crippen LogP contribution in [-0.4, -0.2) is 11.2 Å². The maximum absolute atomic E-state index is 10.8. The predicted octanol–water partition coefficient (Wildman–Crippen LogP) is 4.32. The fourth-order valence-corrected chi connectivity index (χ4v) is 4.81. The minimum Gasteiger partial charge on any atom is -0.392 e. The van der Waals surface area contributed by atoms with E-state index in [9.17, 15) is 5.11 Å². The Hall–Kier alpha value is -0.530. The Morgan fingerprint density at radius 2 is 1.84 bits per heavy atom. The second kappa shape index (κ2) is 4.23. The van der Waals surface area contributed by atoms with Crippen LogP contribution in [0.3, 0.4) is 0 Å². The maximum atomic E-state index is 10.8. The molecule has 2 aliphatic rings. The van der Waals surface area contributed by atoms with Crippen molar-refractivity contribution >= 4 is 11.6 Å². The molecule has 0 radical (unpaired) electrons. The first-order valence-corrected chi connectivity index (χ1v) is 7.66. The van der Waals surface area contributed by atoms with Crippen LogP contribution in [0.25, 0.3) is 0 Å². The van der Waals surface area contributed by atoms with Gasteiger partial charge in [-0.15, -0.1) is 0 Å². The molecule has 4 atom stereocenters. The van der Waals surface area contributed by atoms with Gasteiger partial charge in [0.25, 0.3) is 0 Å². The van der Waals surface area contributed by atoms with Crippen molar-refractivity contribution in [1.29, 1.82) is 0 Å². The summed E-state index contributed by atoms with van der Waals surface area (Å²) >= 11 is 5.94. The summed E-state index contributed by atoms with van der Waals surface area (Å²) in [6, 6.07) is 8.08. The summed E-state index contributed by atoms with van der Waals surface area (Å²) in [5, 5.41) is 11.5. The highest BCUT2D eigenvalue weighted by Crippen LogP contribution is 2.68. The Morgan fingerprint density at radius 3 is 2.37 bits per heavy atom. The van der Waals surface area contributed by atoms with E-state index in [0.717, 1.165) is 11.4 Å². The van der Waals surface area contributed by atoms with Crippen LogP contribution >= 0.6 is 11.6 Å². The highest BCUT2D eigenvalue weighted by atomic mass is 35.5. The van der Waals surface area contributed by atoms with E-state index < -0.39 is 0 Å². The first-order valence-electron chi connectivity index (χ1n) is 7.29. The molecule has 0 heterocycles. The number of halogens is 1. The van der Waals surface area contributed by atoms with Crippen LogP contribution in [0.2, 0.25) is 5.02 Å². The summed E-state index contributed by atoms with van der Waals surface area (Å²) in [4.78, 5) is 0. The SMILES string of the molecule is CC1(C)C2CCC1(C)C(O)C2Cc1ccc(Cl)cc1. The molecule has 4 unspecified atom stereocenters. The van der Waals surface area contributed by atoms with Crippen molar-refractivity contribution in [2.45, 2.75) is 46.1 Å². The fourth-order valence-electron chi connectivity index (χ4n) is 4.68. The number of aliphatic hydroxyl groups excluding tert-OH is 1. The molecule has 1 aromatic carbocycles. The number of fused-ring (bicyclic) bond motifs is 2. The molecule has 0 aromatic heterocycles.